The minimum absolute atomic E-state index is 0.174. The van der Waals surface area contributed by atoms with E-state index in [1.807, 2.05) is 12.1 Å². The van der Waals surface area contributed by atoms with Gasteiger partial charge in [-0.2, -0.15) is 5.26 Å². The number of anilines is 1. The Labute approximate surface area is 102 Å². The third-order valence-corrected chi connectivity index (χ3v) is 3.79. The smallest absolute Gasteiger partial charge is 0.143 e. The van der Waals surface area contributed by atoms with Crippen molar-refractivity contribution in [2.24, 2.45) is 5.92 Å². The van der Waals surface area contributed by atoms with E-state index in [1.54, 1.807) is 6.07 Å². The minimum atomic E-state index is -0.421. The van der Waals surface area contributed by atoms with E-state index in [-0.39, 0.29) is 5.56 Å². The average Bonchev–Trinajstić information content (AvgIpc) is 2.32. The Kier molecular flexibility index (Phi) is 3.33. The van der Waals surface area contributed by atoms with Gasteiger partial charge in [0.25, 0.3) is 0 Å². The van der Waals surface area contributed by atoms with Crippen molar-refractivity contribution in [3.05, 3.63) is 29.6 Å². The lowest BCUT2D eigenvalue weighted by atomic mass is 9.91. The summed E-state index contributed by atoms with van der Waals surface area (Å²) in [5.41, 5.74) is 0.917. The highest BCUT2D eigenvalue weighted by Crippen LogP contribution is 2.31. The molecule has 1 heterocycles. The second-order valence-electron chi connectivity index (χ2n) is 4.80. The predicted molar refractivity (Wildman–Crippen MR) is 66.3 cm³/mol. The molecule has 1 aromatic rings. The zero-order valence-corrected chi connectivity index (χ0v) is 10.3. The van der Waals surface area contributed by atoms with E-state index in [0.29, 0.717) is 12.0 Å². The number of piperidine rings is 1. The van der Waals surface area contributed by atoms with Gasteiger partial charge in [0.1, 0.15) is 17.4 Å². The fraction of sp³-hybridized carbons (Fsp3) is 0.500. The molecule has 0 aromatic heterocycles. The molecule has 17 heavy (non-hydrogen) atoms. The van der Waals surface area contributed by atoms with Gasteiger partial charge in [0.2, 0.25) is 0 Å². The van der Waals surface area contributed by atoms with Crippen LogP contribution in [0.3, 0.4) is 0 Å². The van der Waals surface area contributed by atoms with Gasteiger partial charge in [-0.25, -0.2) is 4.39 Å². The molecule has 1 aromatic carbocycles. The highest BCUT2D eigenvalue weighted by molar-refractivity contribution is 5.60. The molecule has 3 heteroatoms. The van der Waals surface area contributed by atoms with E-state index in [9.17, 15) is 4.39 Å². The Balaban J connectivity index is 2.40. The fourth-order valence-corrected chi connectivity index (χ4v) is 2.54. The van der Waals surface area contributed by atoms with Crippen LogP contribution in [0.4, 0.5) is 10.1 Å². The Hall–Kier alpha value is -1.56. The van der Waals surface area contributed by atoms with Gasteiger partial charge in [0.15, 0.2) is 0 Å². The van der Waals surface area contributed by atoms with E-state index >= 15 is 0 Å². The van der Waals surface area contributed by atoms with Crippen molar-refractivity contribution >= 4 is 5.69 Å². The molecular weight excluding hydrogens is 215 g/mol. The molecule has 0 radical (unpaired) electrons. The van der Waals surface area contributed by atoms with Crippen molar-refractivity contribution in [1.29, 1.82) is 5.26 Å². The second kappa shape index (κ2) is 4.75. The SMILES string of the molecule is CC1CCCN(c2cccc(F)c2C#N)C1C. The summed E-state index contributed by atoms with van der Waals surface area (Å²) in [6, 6.07) is 7.21. The van der Waals surface area contributed by atoms with Crippen LogP contribution in [0.2, 0.25) is 0 Å². The van der Waals surface area contributed by atoms with Crippen molar-refractivity contribution in [2.75, 3.05) is 11.4 Å². The van der Waals surface area contributed by atoms with Gasteiger partial charge < -0.3 is 4.90 Å². The van der Waals surface area contributed by atoms with Gasteiger partial charge in [0.05, 0.1) is 5.69 Å². The molecular formula is C14H17FN2. The van der Waals surface area contributed by atoms with Crippen LogP contribution < -0.4 is 4.90 Å². The number of rotatable bonds is 1. The summed E-state index contributed by atoms with van der Waals surface area (Å²) in [5, 5.41) is 9.07. The van der Waals surface area contributed by atoms with Crippen LogP contribution in [0.1, 0.15) is 32.3 Å². The van der Waals surface area contributed by atoms with E-state index in [4.69, 9.17) is 5.26 Å². The summed E-state index contributed by atoms with van der Waals surface area (Å²) in [4.78, 5) is 2.16. The van der Waals surface area contributed by atoms with E-state index in [2.05, 4.69) is 18.7 Å². The predicted octanol–water partition coefficient (Wildman–Crippen LogP) is 3.32. The summed E-state index contributed by atoms with van der Waals surface area (Å²) < 4.78 is 13.6. The van der Waals surface area contributed by atoms with Gasteiger partial charge in [-0.15, -0.1) is 0 Å². The maximum atomic E-state index is 13.6. The van der Waals surface area contributed by atoms with Crippen LogP contribution in [0.25, 0.3) is 0 Å². The minimum Gasteiger partial charge on any atom is -0.367 e. The second-order valence-corrected chi connectivity index (χ2v) is 4.80. The van der Waals surface area contributed by atoms with Crippen LogP contribution in [-0.4, -0.2) is 12.6 Å². The van der Waals surface area contributed by atoms with E-state index in [1.165, 1.54) is 12.5 Å². The van der Waals surface area contributed by atoms with Crippen LogP contribution in [-0.2, 0) is 0 Å². The molecule has 0 amide bonds. The summed E-state index contributed by atoms with van der Waals surface area (Å²) in [6.45, 7) is 5.27. The molecule has 0 aliphatic carbocycles. The van der Waals surface area contributed by atoms with Crippen LogP contribution >= 0.6 is 0 Å². The number of nitrogens with zero attached hydrogens (tertiary/aromatic N) is 2. The van der Waals surface area contributed by atoms with E-state index in [0.717, 1.165) is 18.7 Å². The Morgan fingerprint density at radius 1 is 1.41 bits per heavy atom. The zero-order chi connectivity index (χ0) is 12.4. The number of hydrogen-bond donors (Lipinski definition) is 0. The normalized spacial score (nSPS) is 24.5. The monoisotopic (exact) mass is 232 g/mol. The first-order valence-electron chi connectivity index (χ1n) is 6.10. The molecule has 1 aliphatic rings. The third kappa shape index (κ3) is 2.12. The standard InChI is InChI=1S/C14H17FN2/c1-10-5-4-8-17(11(10)2)14-7-3-6-13(15)12(14)9-16/h3,6-7,10-11H,4-5,8H2,1-2H3. The largest absolute Gasteiger partial charge is 0.367 e. The average molecular weight is 232 g/mol. The van der Waals surface area contributed by atoms with Gasteiger partial charge >= 0.3 is 0 Å². The number of nitriles is 1. The molecule has 1 saturated heterocycles. The van der Waals surface area contributed by atoms with Gasteiger partial charge in [-0.05, 0) is 37.8 Å². The number of halogens is 1. The van der Waals surface area contributed by atoms with Crippen molar-refractivity contribution in [3.8, 4) is 6.07 Å². The molecule has 1 aliphatic heterocycles. The van der Waals surface area contributed by atoms with Crippen molar-refractivity contribution in [3.63, 3.8) is 0 Å². The third-order valence-electron chi connectivity index (χ3n) is 3.79. The summed E-state index contributed by atoms with van der Waals surface area (Å²) >= 11 is 0. The van der Waals surface area contributed by atoms with Crippen molar-refractivity contribution in [1.82, 2.24) is 0 Å². The maximum absolute atomic E-state index is 13.6. The van der Waals surface area contributed by atoms with Crippen molar-refractivity contribution in [2.45, 2.75) is 32.7 Å². The molecule has 90 valence electrons. The highest BCUT2D eigenvalue weighted by atomic mass is 19.1. The lowest BCUT2D eigenvalue weighted by Gasteiger charge is -2.40. The molecule has 0 bridgehead atoms. The Morgan fingerprint density at radius 2 is 2.18 bits per heavy atom. The summed E-state index contributed by atoms with van der Waals surface area (Å²) in [7, 11) is 0. The van der Waals surface area contributed by atoms with E-state index < -0.39 is 5.82 Å². The first-order chi connectivity index (χ1) is 8.15. The van der Waals surface area contributed by atoms with Crippen molar-refractivity contribution < 1.29 is 4.39 Å². The molecule has 0 spiro atoms. The molecule has 1 fully saturated rings. The lowest BCUT2D eigenvalue weighted by molar-refractivity contribution is 0.363. The molecule has 2 unspecified atom stereocenters. The Morgan fingerprint density at radius 3 is 2.88 bits per heavy atom. The summed E-state index contributed by atoms with van der Waals surface area (Å²) in [5.74, 6) is 0.161. The van der Waals surface area contributed by atoms with Gasteiger partial charge in [-0.1, -0.05) is 13.0 Å². The maximum Gasteiger partial charge on any atom is 0.143 e. The van der Waals surface area contributed by atoms with Gasteiger partial charge in [0, 0.05) is 12.6 Å². The summed E-state index contributed by atoms with van der Waals surface area (Å²) in [6.07, 6.45) is 2.31. The number of hydrogen-bond acceptors (Lipinski definition) is 2. The first kappa shape index (κ1) is 11.9. The zero-order valence-electron chi connectivity index (χ0n) is 10.3. The molecule has 2 atom stereocenters. The van der Waals surface area contributed by atoms with Crippen LogP contribution in [0.5, 0.6) is 0 Å². The van der Waals surface area contributed by atoms with Crippen LogP contribution in [0, 0.1) is 23.1 Å². The lowest BCUT2D eigenvalue weighted by Crippen LogP contribution is -2.42. The molecule has 2 rings (SSSR count). The molecule has 0 N–H and O–H groups in total. The molecule has 2 nitrogen and oxygen atoms in total. The quantitative estimate of drug-likeness (QED) is 0.742. The van der Waals surface area contributed by atoms with Gasteiger partial charge in [-0.3, -0.25) is 0 Å². The highest BCUT2D eigenvalue weighted by Gasteiger charge is 2.27. The fourth-order valence-electron chi connectivity index (χ4n) is 2.54. The van der Waals surface area contributed by atoms with Crippen LogP contribution in [0.15, 0.2) is 18.2 Å². The molecule has 0 saturated carbocycles. The first-order valence-corrected chi connectivity index (χ1v) is 6.10. The Bertz CT molecular complexity index is 450. The topological polar surface area (TPSA) is 27.0 Å². The number of benzene rings is 1.